The summed E-state index contributed by atoms with van der Waals surface area (Å²) in [5.41, 5.74) is 1.85. The largest absolute Gasteiger partial charge is 0.339 e. The van der Waals surface area contributed by atoms with Gasteiger partial charge in [0.25, 0.3) is 0 Å². The first-order valence-corrected chi connectivity index (χ1v) is 6.31. The van der Waals surface area contributed by atoms with Crippen LogP contribution in [0.25, 0.3) is 11.4 Å². The van der Waals surface area contributed by atoms with Crippen LogP contribution in [0.3, 0.4) is 0 Å². The summed E-state index contributed by atoms with van der Waals surface area (Å²) in [6.45, 7) is 5.96. The number of rotatable bonds is 5. The van der Waals surface area contributed by atoms with Gasteiger partial charge in [-0.15, -0.1) is 0 Å². The number of nitrogens with zero attached hydrogens (tertiary/aromatic N) is 3. The van der Waals surface area contributed by atoms with Crippen LogP contribution in [0.1, 0.15) is 31.7 Å². The van der Waals surface area contributed by atoms with Gasteiger partial charge in [-0.25, -0.2) is 0 Å². The number of pyridine rings is 1. The minimum Gasteiger partial charge on any atom is -0.339 e. The minimum absolute atomic E-state index is 0.122. The zero-order valence-corrected chi connectivity index (χ0v) is 11.4. The van der Waals surface area contributed by atoms with Crippen LogP contribution in [0.2, 0.25) is 0 Å². The van der Waals surface area contributed by atoms with Crippen LogP contribution in [0.5, 0.6) is 0 Å². The molecule has 5 heteroatoms. The van der Waals surface area contributed by atoms with Crippen LogP contribution in [0, 0.1) is 12.8 Å². The predicted molar refractivity (Wildman–Crippen MR) is 70.4 cm³/mol. The first kappa shape index (κ1) is 13.4. The third kappa shape index (κ3) is 3.47. The van der Waals surface area contributed by atoms with E-state index in [1.165, 1.54) is 0 Å². The van der Waals surface area contributed by atoms with Crippen molar-refractivity contribution in [1.29, 1.82) is 0 Å². The number of Topliss-reactive ketones (excluding diaryl/α,β-unsaturated/α-hetero) is 1. The summed E-state index contributed by atoms with van der Waals surface area (Å²) in [6.07, 6.45) is 4.17. The number of hydrogen-bond acceptors (Lipinski definition) is 5. The molecule has 0 aliphatic carbocycles. The molecule has 0 saturated heterocycles. The first-order valence-electron chi connectivity index (χ1n) is 6.31. The van der Waals surface area contributed by atoms with E-state index in [4.69, 9.17) is 4.52 Å². The zero-order chi connectivity index (χ0) is 13.8. The molecule has 0 spiro atoms. The van der Waals surface area contributed by atoms with E-state index in [1.807, 2.05) is 26.8 Å². The van der Waals surface area contributed by atoms with Gasteiger partial charge in [0, 0.05) is 24.4 Å². The molecule has 2 aromatic heterocycles. The third-order valence-corrected chi connectivity index (χ3v) is 2.71. The number of hydrogen-bond donors (Lipinski definition) is 0. The second-order valence-corrected chi connectivity index (χ2v) is 5.02. The molecule has 0 aromatic carbocycles. The molecule has 0 N–H and O–H groups in total. The van der Waals surface area contributed by atoms with E-state index in [1.54, 1.807) is 12.4 Å². The van der Waals surface area contributed by atoms with Crippen LogP contribution in [-0.2, 0) is 11.2 Å². The Labute approximate surface area is 112 Å². The molecular weight excluding hydrogens is 242 g/mol. The average Bonchev–Trinajstić information content (AvgIpc) is 2.76. The van der Waals surface area contributed by atoms with Gasteiger partial charge in [0.05, 0.1) is 6.42 Å². The van der Waals surface area contributed by atoms with Gasteiger partial charge < -0.3 is 4.52 Å². The molecule has 2 rings (SSSR count). The molecule has 0 saturated carbocycles. The molecule has 0 amide bonds. The number of aromatic nitrogens is 3. The van der Waals surface area contributed by atoms with Gasteiger partial charge in [-0.2, -0.15) is 4.98 Å². The molecule has 100 valence electrons. The van der Waals surface area contributed by atoms with Crippen LogP contribution >= 0.6 is 0 Å². The summed E-state index contributed by atoms with van der Waals surface area (Å²) in [4.78, 5) is 20.0. The van der Waals surface area contributed by atoms with E-state index in [0.29, 0.717) is 24.1 Å². The lowest BCUT2D eigenvalue weighted by molar-refractivity contribution is -0.119. The minimum atomic E-state index is 0.122. The predicted octanol–water partition coefficient (Wildman–Crippen LogP) is 2.60. The molecule has 0 aliphatic heterocycles. The highest BCUT2D eigenvalue weighted by Gasteiger charge is 2.14. The summed E-state index contributed by atoms with van der Waals surface area (Å²) in [6, 6.07) is 1.83. The highest BCUT2D eigenvalue weighted by atomic mass is 16.5. The fraction of sp³-hybridized carbons (Fsp3) is 0.429. The lowest BCUT2D eigenvalue weighted by atomic mass is 10.1. The molecule has 2 heterocycles. The van der Waals surface area contributed by atoms with Crippen LogP contribution in [-0.4, -0.2) is 20.9 Å². The van der Waals surface area contributed by atoms with Gasteiger partial charge in [0.2, 0.25) is 11.7 Å². The van der Waals surface area contributed by atoms with E-state index in [2.05, 4.69) is 15.1 Å². The Morgan fingerprint density at radius 2 is 2.21 bits per heavy atom. The molecule has 0 fully saturated rings. The van der Waals surface area contributed by atoms with E-state index in [9.17, 15) is 4.79 Å². The van der Waals surface area contributed by atoms with Gasteiger partial charge in [-0.3, -0.25) is 9.78 Å². The summed E-state index contributed by atoms with van der Waals surface area (Å²) < 4.78 is 5.12. The fourth-order valence-electron chi connectivity index (χ4n) is 1.86. The van der Waals surface area contributed by atoms with Crippen LogP contribution in [0.4, 0.5) is 0 Å². The van der Waals surface area contributed by atoms with Crippen molar-refractivity contribution in [3.8, 4) is 11.4 Å². The van der Waals surface area contributed by atoms with Crippen molar-refractivity contribution in [3.63, 3.8) is 0 Å². The topological polar surface area (TPSA) is 68.9 Å². The van der Waals surface area contributed by atoms with E-state index in [0.717, 1.165) is 11.1 Å². The summed E-state index contributed by atoms with van der Waals surface area (Å²) in [5, 5.41) is 3.91. The molecule has 0 radical (unpaired) electrons. The SMILES string of the molecule is Cc1cnccc1-c1noc(CC(=O)CC(C)C)n1. The van der Waals surface area contributed by atoms with E-state index >= 15 is 0 Å². The van der Waals surface area contributed by atoms with Gasteiger partial charge in [-0.05, 0) is 24.5 Å². The molecule has 2 aromatic rings. The van der Waals surface area contributed by atoms with Gasteiger partial charge in [-0.1, -0.05) is 19.0 Å². The number of aryl methyl sites for hydroxylation is 1. The number of carbonyl (C=O) groups is 1. The molecule has 0 aliphatic rings. The first-order chi connectivity index (χ1) is 9.06. The summed E-state index contributed by atoms with van der Waals surface area (Å²) in [7, 11) is 0. The van der Waals surface area contributed by atoms with Crippen molar-refractivity contribution in [2.75, 3.05) is 0 Å². The quantitative estimate of drug-likeness (QED) is 0.825. The number of ketones is 1. The maximum absolute atomic E-state index is 11.7. The standard InChI is InChI=1S/C14H17N3O2/c1-9(2)6-11(18)7-13-16-14(17-19-13)12-4-5-15-8-10(12)3/h4-5,8-9H,6-7H2,1-3H3. The Kier molecular flexibility index (Phi) is 4.04. The van der Waals surface area contributed by atoms with Gasteiger partial charge >= 0.3 is 0 Å². The molecular formula is C14H17N3O2. The zero-order valence-electron chi connectivity index (χ0n) is 11.4. The maximum atomic E-state index is 11.7. The Hall–Kier alpha value is -2.04. The number of carbonyl (C=O) groups excluding carboxylic acids is 1. The third-order valence-electron chi connectivity index (χ3n) is 2.71. The molecule has 5 nitrogen and oxygen atoms in total. The Balaban J connectivity index is 2.12. The van der Waals surface area contributed by atoms with Gasteiger partial charge in [0.1, 0.15) is 5.78 Å². The lowest BCUT2D eigenvalue weighted by Crippen LogP contribution is -2.06. The summed E-state index contributed by atoms with van der Waals surface area (Å²) in [5.74, 6) is 1.35. The van der Waals surface area contributed by atoms with Crippen molar-refractivity contribution in [2.24, 2.45) is 5.92 Å². The van der Waals surface area contributed by atoms with E-state index < -0.39 is 0 Å². The molecule has 0 bridgehead atoms. The maximum Gasteiger partial charge on any atom is 0.234 e. The monoisotopic (exact) mass is 259 g/mol. The fourth-order valence-corrected chi connectivity index (χ4v) is 1.86. The van der Waals surface area contributed by atoms with Crippen molar-refractivity contribution in [1.82, 2.24) is 15.1 Å². The Morgan fingerprint density at radius 3 is 2.89 bits per heavy atom. The normalized spacial score (nSPS) is 10.9. The Morgan fingerprint density at radius 1 is 1.42 bits per heavy atom. The smallest absolute Gasteiger partial charge is 0.234 e. The molecule has 0 atom stereocenters. The van der Waals surface area contributed by atoms with Crippen molar-refractivity contribution in [3.05, 3.63) is 29.9 Å². The Bertz CT molecular complexity index is 576. The summed E-state index contributed by atoms with van der Waals surface area (Å²) >= 11 is 0. The van der Waals surface area contributed by atoms with Crippen molar-refractivity contribution in [2.45, 2.75) is 33.6 Å². The highest BCUT2D eigenvalue weighted by Crippen LogP contribution is 2.19. The molecule has 19 heavy (non-hydrogen) atoms. The van der Waals surface area contributed by atoms with Crippen LogP contribution in [0.15, 0.2) is 23.0 Å². The van der Waals surface area contributed by atoms with E-state index in [-0.39, 0.29) is 12.2 Å². The van der Waals surface area contributed by atoms with Crippen molar-refractivity contribution >= 4 is 5.78 Å². The van der Waals surface area contributed by atoms with Gasteiger partial charge in [0.15, 0.2) is 0 Å². The van der Waals surface area contributed by atoms with Crippen molar-refractivity contribution < 1.29 is 9.32 Å². The molecule has 0 unspecified atom stereocenters. The average molecular weight is 259 g/mol. The lowest BCUT2D eigenvalue weighted by Gasteiger charge is -2.00. The van der Waals surface area contributed by atoms with Crippen LogP contribution < -0.4 is 0 Å². The highest BCUT2D eigenvalue weighted by molar-refractivity contribution is 5.80. The second-order valence-electron chi connectivity index (χ2n) is 5.02. The second kappa shape index (κ2) is 5.73.